The maximum absolute atomic E-state index is 4.00. The summed E-state index contributed by atoms with van der Waals surface area (Å²) in [5, 5.41) is 0. The van der Waals surface area contributed by atoms with Crippen LogP contribution >= 0.6 is 0 Å². The molecule has 260 valence electrons. The molecule has 0 radical (unpaired) electrons. The van der Waals surface area contributed by atoms with Gasteiger partial charge >= 0.3 is 295 Å². The second kappa shape index (κ2) is 18.3. The van der Waals surface area contributed by atoms with Gasteiger partial charge in [0.05, 0.1) is 0 Å². The van der Waals surface area contributed by atoms with Gasteiger partial charge < -0.3 is 0 Å². The molecule has 0 N–H and O–H groups in total. The van der Waals surface area contributed by atoms with Crippen LogP contribution in [0.1, 0.15) is 53.1 Å². The molecule has 3 rings (SSSR count). The van der Waals surface area contributed by atoms with Gasteiger partial charge in [-0.15, -0.1) is 0 Å². The second-order valence-corrected chi connectivity index (χ2v) is 26.2. The van der Waals surface area contributed by atoms with Gasteiger partial charge in [-0.2, -0.15) is 0 Å². The first kappa shape index (κ1) is 39.7. The topological polar surface area (TPSA) is 19.4 Å². The molecule has 47 heavy (non-hydrogen) atoms. The van der Waals surface area contributed by atoms with Crippen LogP contribution in [0.4, 0.5) is 0 Å². The molecule has 0 spiro atoms. The molecule has 6 nitrogen and oxygen atoms in total. The van der Waals surface area contributed by atoms with Gasteiger partial charge in [0, 0.05) is 0 Å². The zero-order chi connectivity index (χ0) is 34.9. The standard InChI is InChI=1S/3C12H19N2.C4H9.Sn/c3*1-13(2)9-11-6-5-7-12(8-11)10-14(3)4;1-3-4-2;/h3*5-7H,9-10H2,1-4H3;1,3-4H2,2H3;. The van der Waals surface area contributed by atoms with Crippen molar-refractivity contribution in [3.63, 3.8) is 0 Å². The summed E-state index contributed by atoms with van der Waals surface area (Å²) < 4.78 is 6.41. The molecule has 0 fully saturated rings. The Labute approximate surface area is 293 Å². The van der Waals surface area contributed by atoms with Crippen molar-refractivity contribution in [1.82, 2.24) is 29.4 Å². The number of benzene rings is 3. The average Bonchev–Trinajstić information content (AvgIpc) is 2.94. The molecule has 3 aromatic rings. The Kier molecular flexibility index (Phi) is 15.4. The Morgan fingerprint density at radius 3 is 0.766 bits per heavy atom. The Morgan fingerprint density at radius 1 is 0.383 bits per heavy atom. The summed E-state index contributed by atoms with van der Waals surface area (Å²) in [5.41, 5.74) is 9.12. The normalized spacial score (nSPS) is 12.6. The number of unbranched alkanes of at least 4 members (excludes halogenated alkanes) is 1. The number of hydrogen-bond acceptors (Lipinski definition) is 6. The first-order valence-corrected chi connectivity index (χ1v) is 23.7. The van der Waals surface area contributed by atoms with Crippen molar-refractivity contribution >= 4 is 29.1 Å². The molecule has 0 unspecified atom stereocenters. The van der Waals surface area contributed by atoms with Crippen molar-refractivity contribution in [2.75, 3.05) is 84.6 Å². The Morgan fingerprint density at radius 2 is 0.596 bits per heavy atom. The second-order valence-electron chi connectivity index (χ2n) is 15.3. The van der Waals surface area contributed by atoms with Crippen molar-refractivity contribution in [1.29, 1.82) is 0 Å². The van der Waals surface area contributed by atoms with E-state index in [0.29, 0.717) is 0 Å². The third-order valence-electron chi connectivity index (χ3n) is 8.82. The molecule has 0 aliphatic carbocycles. The first-order valence-electron chi connectivity index (χ1n) is 17.4. The van der Waals surface area contributed by atoms with Crippen LogP contribution in [0, 0.1) is 0 Å². The van der Waals surface area contributed by atoms with Gasteiger partial charge in [0.15, 0.2) is 0 Å². The van der Waals surface area contributed by atoms with E-state index in [1.807, 2.05) is 0 Å². The van der Waals surface area contributed by atoms with Crippen LogP contribution in [0.3, 0.4) is 0 Å². The van der Waals surface area contributed by atoms with Crippen LogP contribution in [0.15, 0.2) is 54.6 Å². The monoisotopic (exact) mass is 750 g/mol. The fourth-order valence-electron chi connectivity index (χ4n) is 7.63. The van der Waals surface area contributed by atoms with Gasteiger partial charge in [-0.05, 0) is 0 Å². The Bertz CT molecular complexity index is 1160. The predicted molar refractivity (Wildman–Crippen MR) is 208 cm³/mol. The van der Waals surface area contributed by atoms with Crippen LogP contribution in [0.2, 0.25) is 4.44 Å². The molecule has 0 heterocycles. The molecule has 0 saturated carbocycles. The van der Waals surface area contributed by atoms with Gasteiger partial charge in [-0.3, -0.25) is 0 Å². The number of hydrogen-bond donors (Lipinski definition) is 0. The molecule has 0 aromatic heterocycles. The van der Waals surface area contributed by atoms with Crippen molar-refractivity contribution in [2.24, 2.45) is 0 Å². The summed E-state index contributed by atoms with van der Waals surface area (Å²) in [5.74, 6) is 0. The molecule has 0 bridgehead atoms. The van der Waals surface area contributed by atoms with E-state index in [4.69, 9.17) is 0 Å². The van der Waals surface area contributed by atoms with Gasteiger partial charge in [0.1, 0.15) is 0 Å². The van der Waals surface area contributed by atoms with E-state index in [-0.39, 0.29) is 0 Å². The summed E-state index contributed by atoms with van der Waals surface area (Å²) in [7, 11) is 26.8. The fourth-order valence-corrected chi connectivity index (χ4v) is 26.6. The van der Waals surface area contributed by atoms with Gasteiger partial charge in [0.2, 0.25) is 0 Å². The molecular weight excluding hydrogens is 683 g/mol. The number of nitrogens with zero attached hydrogens (tertiary/aromatic N) is 6. The third kappa shape index (κ3) is 10.4. The van der Waals surface area contributed by atoms with E-state index in [1.54, 1.807) is 10.7 Å². The predicted octanol–water partition coefficient (Wildman–Crippen LogP) is 4.33. The minimum atomic E-state index is -4.00. The Hall–Kier alpha value is -1.78. The van der Waals surface area contributed by atoms with E-state index < -0.39 is 18.4 Å². The molecule has 0 aliphatic rings. The van der Waals surface area contributed by atoms with E-state index in [0.717, 1.165) is 39.3 Å². The summed E-state index contributed by atoms with van der Waals surface area (Å²) in [6.07, 6.45) is 2.42. The van der Waals surface area contributed by atoms with E-state index in [2.05, 4.69) is 175 Å². The van der Waals surface area contributed by atoms with Gasteiger partial charge in [0.25, 0.3) is 0 Å². The summed E-state index contributed by atoms with van der Waals surface area (Å²) >= 11 is -4.00. The average molecular weight is 750 g/mol. The SMILES string of the molecule is CCC[CH2][Sn]([c]1c(CN(C)C)cccc1CN(C)C)([c]1c(CN(C)C)cccc1CN(C)C)[c]1c(CN(C)C)cccc1CN(C)C. The molecule has 0 atom stereocenters. The third-order valence-corrected chi connectivity index (χ3v) is 24.8. The van der Waals surface area contributed by atoms with Gasteiger partial charge in [-0.1, -0.05) is 0 Å². The molecular formula is C40H66N6Sn. The zero-order valence-electron chi connectivity index (χ0n) is 32.2. The van der Waals surface area contributed by atoms with Crippen LogP contribution in [-0.4, -0.2) is 132 Å². The molecule has 0 saturated heterocycles. The van der Waals surface area contributed by atoms with Crippen LogP contribution in [0.5, 0.6) is 0 Å². The van der Waals surface area contributed by atoms with Gasteiger partial charge in [-0.25, -0.2) is 0 Å². The number of rotatable bonds is 18. The Balaban J connectivity index is 2.82. The molecule has 3 aromatic carbocycles. The van der Waals surface area contributed by atoms with E-state index in [1.165, 1.54) is 50.7 Å². The molecule has 0 aliphatic heterocycles. The van der Waals surface area contributed by atoms with E-state index >= 15 is 0 Å². The van der Waals surface area contributed by atoms with Crippen molar-refractivity contribution in [3.8, 4) is 0 Å². The maximum atomic E-state index is 2.46. The van der Waals surface area contributed by atoms with Crippen molar-refractivity contribution in [2.45, 2.75) is 63.5 Å². The van der Waals surface area contributed by atoms with Crippen molar-refractivity contribution in [3.05, 3.63) is 88.0 Å². The molecule has 0 amide bonds. The zero-order valence-corrected chi connectivity index (χ0v) is 35.1. The summed E-state index contributed by atoms with van der Waals surface area (Å²) in [6, 6.07) is 21.8. The van der Waals surface area contributed by atoms with Crippen LogP contribution in [0.25, 0.3) is 0 Å². The summed E-state index contributed by atoms with van der Waals surface area (Å²) in [4.78, 5) is 14.3. The quantitative estimate of drug-likeness (QED) is 0.180. The molecule has 7 heteroatoms. The fraction of sp³-hybridized carbons (Fsp3) is 0.550. The minimum absolute atomic E-state index is 0.944. The van der Waals surface area contributed by atoms with Crippen LogP contribution in [-0.2, 0) is 39.3 Å². The first-order chi connectivity index (χ1) is 22.2. The van der Waals surface area contributed by atoms with Crippen LogP contribution < -0.4 is 10.7 Å². The van der Waals surface area contributed by atoms with Crippen molar-refractivity contribution < 1.29 is 0 Å². The van der Waals surface area contributed by atoms with E-state index in [9.17, 15) is 0 Å². The summed E-state index contributed by atoms with van der Waals surface area (Å²) in [6.45, 7) is 8.05.